The fourth-order valence-electron chi connectivity index (χ4n) is 9.29. The summed E-state index contributed by atoms with van der Waals surface area (Å²) >= 11 is 0. The van der Waals surface area contributed by atoms with Gasteiger partial charge in [0, 0.05) is 50.9 Å². The fourth-order valence-corrected chi connectivity index (χ4v) is 9.29. The molecule has 0 radical (unpaired) electrons. The van der Waals surface area contributed by atoms with Gasteiger partial charge >= 0.3 is 0 Å². The Hall–Kier alpha value is -9.81. The smallest absolute Gasteiger partial charge is 0.241 e. The predicted octanol–water partition coefficient (Wildman–Crippen LogP) is 11.0. The summed E-state index contributed by atoms with van der Waals surface area (Å²) in [6, 6.07) is 66.6. The van der Waals surface area contributed by atoms with Gasteiger partial charge in [0.2, 0.25) is 17.8 Å². The summed E-state index contributed by atoms with van der Waals surface area (Å²) in [4.78, 5) is 45.9. The van der Waals surface area contributed by atoms with Crippen LogP contribution >= 0.6 is 0 Å². The normalized spacial score (nSPS) is 11.5. The lowest BCUT2D eigenvalue weighted by Gasteiger charge is -2.20. The number of para-hydroxylation sites is 6. The van der Waals surface area contributed by atoms with Crippen molar-refractivity contribution in [3.8, 4) is 17.8 Å². The van der Waals surface area contributed by atoms with Gasteiger partial charge in [-0.25, -0.2) is 29.9 Å². The van der Waals surface area contributed by atoms with Gasteiger partial charge in [-0.15, -0.1) is 0 Å². The van der Waals surface area contributed by atoms with E-state index in [1.54, 1.807) is 18.6 Å². The first-order valence-corrected chi connectivity index (χ1v) is 22.5. The molecule has 0 saturated carbocycles. The summed E-state index contributed by atoms with van der Waals surface area (Å²) in [5, 5.41) is 7.79. The van der Waals surface area contributed by atoms with E-state index >= 15 is 0 Å². The molecule has 0 aliphatic rings. The minimum absolute atomic E-state index is 0.401. The van der Waals surface area contributed by atoms with Crippen molar-refractivity contribution >= 4 is 82.9 Å². The molecule has 69 heavy (non-hydrogen) atoms. The quantitative estimate of drug-likeness (QED) is 0.153. The summed E-state index contributed by atoms with van der Waals surface area (Å²) < 4.78 is 6.34. The number of aromatic nitrogens is 9. The van der Waals surface area contributed by atoms with Gasteiger partial charge in [0.25, 0.3) is 0 Å². The number of rotatable bonds is 6. The van der Waals surface area contributed by atoms with Crippen LogP contribution < -0.4 is 16.1 Å². The van der Waals surface area contributed by atoms with E-state index < -0.39 is 0 Å². The van der Waals surface area contributed by atoms with Crippen molar-refractivity contribution in [2.45, 2.75) is 0 Å². The average molecular weight is 889 g/mol. The molecule has 0 unspecified atom stereocenters. The summed E-state index contributed by atoms with van der Waals surface area (Å²) in [7, 11) is 0. The van der Waals surface area contributed by atoms with Crippen molar-refractivity contribution in [3.63, 3.8) is 0 Å². The molecule has 13 aromatic rings. The van der Waals surface area contributed by atoms with E-state index in [0.717, 1.165) is 81.5 Å². The molecule has 0 aliphatic carbocycles. The zero-order valence-corrected chi connectivity index (χ0v) is 36.7. The second kappa shape index (κ2) is 16.6. The Kier molecular flexibility index (Phi) is 9.49. The van der Waals surface area contributed by atoms with Gasteiger partial charge in [0.1, 0.15) is 0 Å². The lowest BCUT2D eigenvalue weighted by atomic mass is 10.1. The Morgan fingerprint density at radius 1 is 0.246 bits per heavy atom. The van der Waals surface area contributed by atoms with Crippen molar-refractivity contribution in [2.75, 3.05) is 0 Å². The van der Waals surface area contributed by atoms with Crippen LogP contribution in [0.5, 0.6) is 0 Å². The van der Waals surface area contributed by atoms with Crippen molar-refractivity contribution < 1.29 is 0 Å². The van der Waals surface area contributed by atoms with E-state index in [-0.39, 0.29) is 0 Å². The minimum atomic E-state index is 0.401. The van der Waals surface area contributed by atoms with Crippen LogP contribution in [0, 0.1) is 0 Å². The third-order valence-electron chi connectivity index (χ3n) is 12.2. The number of hydrogen-bond acceptors (Lipinski definition) is 9. The van der Waals surface area contributed by atoms with Crippen LogP contribution in [0.15, 0.2) is 234 Å². The number of nitrogens with zero attached hydrogens (tertiary/aromatic N) is 12. The zero-order chi connectivity index (χ0) is 45.7. The molecule has 13 rings (SSSR count). The number of benzene rings is 6. The molecular formula is C57H36N12. The molecule has 7 heterocycles. The molecule has 0 amide bonds. The maximum Gasteiger partial charge on any atom is 0.241 e. The molecule has 7 aromatic heterocycles. The molecule has 0 bridgehead atoms. The molecule has 0 N–H and O–H groups in total. The van der Waals surface area contributed by atoms with Crippen molar-refractivity contribution in [2.24, 2.45) is 15.0 Å². The fraction of sp³-hybridized carbons (Fsp3) is 0. The molecule has 0 spiro atoms. The Bertz CT molecular complexity index is 3730. The van der Waals surface area contributed by atoms with E-state index in [1.807, 2.05) is 127 Å². The van der Waals surface area contributed by atoms with Crippen LogP contribution in [0.2, 0.25) is 0 Å². The van der Waals surface area contributed by atoms with Crippen LogP contribution in [0.1, 0.15) is 0 Å². The Morgan fingerprint density at radius 3 is 0.681 bits per heavy atom. The van der Waals surface area contributed by atoms with Crippen molar-refractivity contribution in [3.05, 3.63) is 235 Å². The molecule has 12 heteroatoms. The topological polar surface area (TPSA) is 129 Å². The van der Waals surface area contributed by atoms with E-state index in [9.17, 15) is 0 Å². The molecule has 12 nitrogen and oxygen atoms in total. The maximum atomic E-state index is 5.54. The van der Waals surface area contributed by atoms with Crippen LogP contribution in [-0.2, 0) is 0 Å². The Labute approximate surface area is 392 Å². The van der Waals surface area contributed by atoms with Crippen LogP contribution in [-0.4, -0.2) is 43.6 Å². The summed E-state index contributed by atoms with van der Waals surface area (Å²) in [6.45, 7) is 0. The van der Waals surface area contributed by atoms with Crippen molar-refractivity contribution in [1.82, 2.24) is 43.6 Å². The third-order valence-corrected chi connectivity index (χ3v) is 12.2. The first kappa shape index (κ1) is 39.5. The van der Waals surface area contributed by atoms with E-state index in [4.69, 9.17) is 29.9 Å². The maximum absolute atomic E-state index is 5.54. The molecule has 6 aromatic carbocycles. The van der Waals surface area contributed by atoms with Crippen LogP contribution in [0.4, 0.5) is 17.5 Å². The number of hydrogen-bond donors (Lipinski definition) is 0. The Morgan fingerprint density at radius 2 is 0.464 bits per heavy atom. The van der Waals surface area contributed by atoms with Gasteiger partial charge in [0.15, 0.2) is 17.5 Å². The summed E-state index contributed by atoms with van der Waals surface area (Å²) in [6.07, 6.45) is 5.28. The largest absolute Gasteiger partial charge is 0.278 e. The van der Waals surface area contributed by atoms with Gasteiger partial charge in [0.05, 0.1) is 49.2 Å². The lowest BCUT2D eigenvalue weighted by molar-refractivity contribution is 0.843. The second-order valence-electron chi connectivity index (χ2n) is 16.3. The SMILES string of the molecule is c1ccc(N=c2c3ccccc3n(-c3nc(-n4c5ccccc5c(=Nc5ccccn5)c5ccccc54)nc(-n4c5ccccc5c(=Nc5ccccn5)c5ccccc54)n3)c3ccccc23)nc1. The lowest BCUT2D eigenvalue weighted by Crippen LogP contribution is -2.20. The van der Waals surface area contributed by atoms with Crippen molar-refractivity contribution in [1.29, 1.82) is 0 Å². The minimum Gasteiger partial charge on any atom is -0.278 e. The molecule has 0 saturated heterocycles. The summed E-state index contributed by atoms with van der Waals surface area (Å²) in [5.74, 6) is 3.03. The predicted molar refractivity (Wildman–Crippen MR) is 271 cm³/mol. The van der Waals surface area contributed by atoms with E-state index in [1.165, 1.54) is 0 Å². The van der Waals surface area contributed by atoms with Gasteiger partial charge in [-0.3, -0.25) is 13.7 Å². The van der Waals surface area contributed by atoms with Crippen LogP contribution in [0.3, 0.4) is 0 Å². The number of fused-ring (bicyclic) bond motifs is 6. The number of pyridine rings is 6. The molecule has 0 fully saturated rings. The highest BCUT2D eigenvalue weighted by atomic mass is 15.3. The summed E-state index contributed by atoms with van der Waals surface area (Å²) in [5.41, 5.74) is 5.10. The zero-order valence-electron chi connectivity index (χ0n) is 36.7. The van der Waals surface area contributed by atoms with Gasteiger partial charge < -0.3 is 0 Å². The first-order chi connectivity index (χ1) is 34.2. The van der Waals surface area contributed by atoms with Gasteiger partial charge in [-0.05, 0) is 72.8 Å². The first-order valence-electron chi connectivity index (χ1n) is 22.5. The van der Waals surface area contributed by atoms with Gasteiger partial charge in [-0.2, -0.15) is 15.0 Å². The van der Waals surface area contributed by atoms with Crippen LogP contribution in [0.25, 0.3) is 83.3 Å². The second-order valence-corrected chi connectivity index (χ2v) is 16.3. The standard InChI is InChI=1S/C57H36N12/c1-7-25-43-37(19-1)52(61-49-31-13-16-34-58-49)38-20-2-8-26-44(38)67(43)55-64-56(68-45-27-9-3-21-39(45)53(40-22-4-10-28-46(40)68)62-50-32-14-17-35-59-50)66-57(65-55)69-47-29-11-5-23-41(47)54(42-24-6-12-30-48(42)69)63-51-33-15-18-36-60-51/h1-36H. The average Bonchev–Trinajstić information content (AvgIpc) is 3.41. The molecule has 0 atom stereocenters. The molecule has 0 aliphatic heterocycles. The van der Waals surface area contributed by atoms with Gasteiger partial charge in [-0.1, -0.05) is 127 Å². The highest BCUT2D eigenvalue weighted by molar-refractivity contribution is 5.98. The highest BCUT2D eigenvalue weighted by Crippen LogP contribution is 2.30. The molecule has 324 valence electrons. The molecular weight excluding hydrogens is 853 g/mol. The highest BCUT2D eigenvalue weighted by Gasteiger charge is 2.22. The Balaban J connectivity index is 1.20. The van der Waals surface area contributed by atoms with E-state index in [0.29, 0.717) is 35.3 Å². The monoisotopic (exact) mass is 888 g/mol. The third kappa shape index (κ3) is 6.82. The van der Waals surface area contributed by atoms with E-state index in [2.05, 4.69) is 101 Å².